The van der Waals surface area contributed by atoms with Gasteiger partial charge < -0.3 is 15.4 Å². The minimum absolute atomic E-state index is 0.630. The van der Waals surface area contributed by atoms with Crippen molar-refractivity contribution in [2.24, 2.45) is 0 Å². The standard InChI is InChI=1S/C14H23N3O/c1-2-3-4-5-12-10-13(11-14(15)16-12)17-6-8-18-9-7-17/h10-11H,2-9H2,1H3,(H2,15,16). The number of anilines is 2. The highest BCUT2D eigenvalue weighted by Crippen LogP contribution is 2.20. The second-order valence-electron chi connectivity index (χ2n) is 4.80. The van der Waals surface area contributed by atoms with Gasteiger partial charge in [0.05, 0.1) is 13.2 Å². The lowest BCUT2D eigenvalue weighted by molar-refractivity contribution is 0.122. The molecule has 0 aliphatic carbocycles. The quantitative estimate of drug-likeness (QED) is 0.813. The predicted molar refractivity (Wildman–Crippen MR) is 74.9 cm³/mol. The molecule has 1 aromatic heterocycles. The van der Waals surface area contributed by atoms with Gasteiger partial charge in [-0.15, -0.1) is 0 Å². The summed E-state index contributed by atoms with van der Waals surface area (Å²) in [5.74, 6) is 0.630. The maximum atomic E-state index is 5.90. The molecular formula is C14H23N3O. The minimum atomic E-state index is 0.630. The van der Waals surface area contributed by atoms with E-state index in [-0.39, 0.29) is 0 Å². The molecule has 1 aromatic rings. The largest absolute Gasteiger partial charge is 0.384 e. The Balaban J connectivity index is 2.05. The number of ether oxygens (including phenoxy) is 1. The fraction of sp³-hybridized carbons (Fsp3) is 0.643. The van der Waals surface area contributed by atoms with E-state index in [2.05, 4.69) is 22.9 Å². The Labute approximate surface area is 109 Å². The molecule has 0 radical (unpaired) electrons. The van der Waals surface area contributed by atoms with E-state index in [0.29, 0.717) is 5.82 Å². The highest BCUT2D eigenvalue weighted by atomic mass is 16.5. The van der Waals surface area contributed by atoms with Crippen LogP contribution in [-0.4, -0.2) is 31.3 Å². The Morgan fingerprint density at radius 3 is 2.78 bits per heavy atom. The van der Waals surface area contributed by atoms with Crippen LogP contribution in [0, 0.1) is 0 Å². The summed E-state index contributed by atoms with van der Waals surface area (Å²) in [5.41, 5.74) is 8.21. The molecule has 0 amide bonds. The summed E-state index contributed by atoms with van der Waals surface area (Å²) in [6.07, 6.45) is 4.70. The van der Waals surface area contributed by atoms with Gasteiger partial charge in [0.15, 0.2) is 0 Å². The summed E-state index contributed by atoms with van der Waals surface area (Å²) in [6.45, 7) is 5.70. The lowest BCUT2D eigenvalue weighted by Crippen LogP contribution is -2.36. The van der Waals surface area contributed by atoms with Crippen molar-refractivity contribution < 1.29 is 4.74 Å². The molecule has 1 saturated heterocycles. The van der Waals surface area contributed by atoms with E-state index in [4.69, 9.17) is 10.5 Å². The average molecular weight is 249 g/mol. The van der Waals surface area contributed by atoms with Crippen LogP contribution in [0.5, 0.6) is 0 Å². The Morgan fingerprint density at radius 2 is 2.06 bits per heavy atom. The van der Waals surface area contributed by atoms with Crippen molar-refractivity contribution in [2.75, 3.05) is 36.9 Å². The van der Waals surface area contributed by atoms with Gasteiger partial charge in [0.25, 0.3) is 0 Å². The van der Waals surface area contributed by atoms with Crippen molar-refractivity contribution in [1.29, 1.82) is 0 Å². The second-order valence-corrected chi connectivity index (χ2v) is 4.80. The van der Waals surface area contributed by atoms with Crippen LogP contribution in [0.1, 0.15) is 31.9 Å². The van der Waals surface area contributed by atoms with Crippen LogP contribution in [-0.2, 0) is 11.2 Å². The zero-order chi connectivity index (χ0) is 12.8. The van der Waals surface area contributed by atoms with Gasteiger partial charge in [-0.2, -0.15) is 0 Å². The zero-order valence-electron chi connectivity index (χ0n) is 11.2. The molecule has 2 rings (SSSR count). The molecule has 0 aromatic carbocycles. The average Bonchev–Trinajstić information content (AvgIpc) is 2.39. The Hall–Kier alpha value is -1.29. The SMILES string of the molecule is CCCCCc1cc(N2CCOCC2)cc(N)n1. The maximum absolute atomic E-state index is 5.90. The molecule has 0 saturated carbocycles. The first-order valence-corrected chi connectivity index (χ1v) is 6.88. The van der Waals surface area contributed by atoms with E-state index in [0.717, 1.165) is 38.4 Å². The number of rotatable bonds is 5. The van der Waals surface area contributed by atoms with E-state index >= 15 is 0 Å². The third kappa shape index (κ3) is 3.60. The number of nitrogens with two attached hydrogens (primary N) is 1. The summed E-state index contributed by atoms with van der Waals surface area (Å²) in [6, 6.07) is 4.14. The number of aromatic nitrogens is 1. The summed E-state index contributed by atoms with van der Waals surface area (Å²) < 4.78 is 5.37. The molecule has 4 nitrogen and oxygen atoms in total. The molecule has 18 heavy (non-hydrogen) atoms. The van der Waals surface area contributed by atoms with Gasteiger partial charge in [-0.3, -0.25) is 0 Å². The highest BCUT2D eigenvalue weighted by Gasteiger charge is 2.12. The van der Waals surface area contributed by atoms with Crippen LogP contribution in [0.15, 0.2) is 12.1 Å². The van der Waals surface area contributed by atoms with Crippen LogP contribution in [0.3, 0.4) is 0 Å². The van der Waals surface area contributed by atoms with Gasteiger partial charge in [0.1, 0.15) is 5.82 Å². The van der Waals surface area contributed by atoms with Gasteiger partial charge in [0.2, 0.25) is 0 Å². The van der Waals surface area contributed by atoms with Crippen molar-refractivity contribution in [3.63, 3.8) is 0 Å². The first-order valence-electron chi connectivity index (χ1n) is 6.88. The van der Waals surface area contributed by atoms with Gasteiger partial charge in [-0.1, -0.05) is 19.8 Å². The number of nitrogens with zero attached hydrogens (tertiary/aromatic N) is 2. The fourth-order valence-electron chi connectivity index (χ4n) is 2.28. The molecule has 4 heteroatoms. The molecule has 2 N–H and O–H groups in total. The molecule has 0 spiro atoms. The molecule has 0 atom stereocenters. The molecule has 2 heterocycles. The van der Waals surface area contributed by atoms with E-state index in [1.807, 2.05) is 6.07 Å². The number of hydrogen-bond acceptors (Lipinski definition) is 4. The number of unbranched alkanes of at least 4 members (excludes halogenated alkanes) is 2. The Kier molecular flexibility index (Phi) is 4.81. The number of nitrogen functional groups attached to an aromatic ring is 1. The molecular weight excluding hydrogens is 226 g/mol. The smallest absolute Gasteiger partial charge is 0.125 e. The van der Waals surface area contributed by atoms with Crippen molar-refractivity contribution in [3.05, 3.63) is 17.8 Å². The summed E-state index contributed by atoms with van der Waals surface area (Å²) in [4.78, 5) is 6.74. The molecule has 1 aliphatic heterocycles. The third-order valence-corrected chi connectivity index (χ3v) is 3.30. The van der Waals surface area contributed by atoms with Crippen LogP contribution in [0.2, 0.25) is 0 Å². The number of hydrogen-bond donors (Lipinski definition) is 1. The molecule has 1 aliphatic rings. The predicted octanol–water partition coefficient (Wildman–Crippen LogP) is 2.23. The monoisotopic (exact) mass is 249 g/mol. The van der Waals surface area contributed by atoms with Gasteiger partial charge in [-0.05, 0) is 18.9 Å². The summed E-state index contributed by atoms with van der Waals surface area (Å²) in [7, 11) is 0. The van der Waals surface area contributed by atoms with Crippen molar-refractivity contribution in [3.8, 4) is 0 Å². The van der Waals surface area contributed by atoms with E-state index in [1.54, 1.807) is 0 Å². The first-order chi connectivity index (χ1) is 8.79. The van der Waals surface area contributed by atoms with Crippen LogP contribution < -0.4 is 10.6 Å². The zero-order valence-corrected chi connectivity index (χ0v) is 11.2. The third-order valence-electron chi connectivity index (χ3n) is 3.30. The fourth-order valence-corrected chi connectivity index (χ4v) is 2.28. The topological polar surface area (TPSA) is 51.4 Å². The van der Waals surface area contributed by atoms with Gasteiger partial charge >= 0.3 is 0 Å². The van der Waals surface area contributed by atoms with Crippen molar-refractivity contribution in [2.45, 2.75) is 32.6 Å². The van der Waals surface area contributed by atoms with Gasteiger partial charge in [-0.25, -0.2) is 4.98 Å². The highest BCUT2D eigenvalue weighted by molar-refractivity contribution is 5.54. The van der Waals surface area contributed by atoms with Crippen LogP contribution >= 0.6 is 0 Å². The van der Waals surface area contributed by atoms with E-state index in [9.17, 15) is 0 Å². The van der Waals surface area contributed by atoms with Crippen molar-refractivity contribution in [1.82, 2.24) is 4.98 Å². The number of aryl methyl sites for hydroxylation is 1. The second kappa shape index (κ2) is 6.59. The minimum Gasteiger partial charge on any atom is -0.384 e. The summed E-state index contributed by atoms with van der Waals surface area (Å²) in [5, 5.41) is 0. The molecule has 100 valence electrons. The molecule has 1 fully saturated rings. The number of morpholine rings is 1. The Bertz CT molecular complexity index is 375. The Morgan fingerprint density at radius 1 is 1.28 bits per heavy atom. The lowest BCUT2D eigenvalue weighted by Gasteiger charge is -2.29. The normalized spacial score (nSPS) is 15.9. The van der Waals surface area contributed by atoms with Crippen LogP contribution in [0.4, 0.5) is 11.5 Å². The first kappa shape index (κ1) is 13.1. The van der Waals surface area contributed by atoms with Crippen molar-refractivity contribution >= 4 is 11.5 Å². The lowest BCUT2D eigenvalue weighted by atomic mass is 10.1. The van der Waals surface area contributed by atoms with E-state index in [1.165, 1.54) is 24.9 Å². The summed E-state index contributed by atoms with van der Waals surface area (Å²) >= 11 is 0. The van der Waals surface area contributed by atoms with Crippen LogP contribution in [0.25, 0.3) is 0 Å². The number of pyridine rings is 1. The van der Waals surface area contributed by atoms with Gasteiger partial charge in [0, 0.05) is 30.5 Å². The maximum Gasteiger partial charge on any atom is 0.125 e. The molecule has 0 unspecified atom stereocenters. The van der Waals surface area contributed by atoms with E-state index < -0.39 is 0 Å². The molecule has 0 bridgehead atoms.